The fourth-order valence-electron chi connectivity index (χ4n) is 2.04. The normalized spacial score (nSPS) is 26.3. The van der Waals surface area contributed by atoms with Crippen LogP contribution in [0.4, 0.5) is 0 Å². The van der Waals surface area contributed by atoms with Crippen LogP contribution < -0.4 is 5.32 Å². The summed E-state index contributed by atoms with van der Waals surface area (Å²) in [5, 5.41) is 11.6. The van der Waals surface area contributed by atoms with Crippen LogP contribution in [0.1, 0.15) is 39.5 Å². The van der Waals surface area contributed by atoms with Gasteiger partial charge in [0.25, 0.3) is 0 Å². The van der Waals surface area contributed by atoms with E-state index in [9.17, 15) is 4.79 Å². The molecule has 2 N–H and O–H groups in total. The van der Waals surface area contributed by atoms with E-state index in [0.29, 0.717) is 6.04 Å². The fraction of sp³-hybridized carbons (Fsp3) is 0.727. The van der Waals surface area contributed by atoms with Gasteiger partial charge in [0.05, 0.1) is 0 Å². The Bertz CT molecular complexity index is 233. The van der Waals surface area contributed by atoms with Crippen molar-refractivity contribution in [3.8, 4) is 0 Å². The molecule has 0 heterocycles. The lowest BCUT2D eigenvalue weighted by atomic mass is 9.73. The van der Waals surface area contributed by atoms with Gasteiger partial charge < -0.3 is 10.4 Å². The van der Waals surface area contributed by atoms with Crippen molar-refractivity contribution in [2.24, 2.45) is 5.41 Å². The van der Waals surface area contributed by atoms with Gasteiger partial charge in [-0.25, -0.2) is 4.79 Å². The van der Waals surface area contributed by atoms with Crippen molar-refractivity contribution < 1.29 is 9.90 Å². The predicted octanol–water partition coefficient (Wildman–Crippen LogP) is 2.14. The largest absolute Gasteiger partial charge is 0.478 e. The molecule has 0 aliphatic heterocycles. The summed E-state index contributed by atoms with van der Waals surface area (Å²) in [6, 6.07) is 0.409. The van der Waals surface area contributed by atoms with E-state index < -0.39 is 5.97 Å². The topological polar surface area (TPSA) is 49.3 Å². The second kappa shape index (κ2) is 4.49. The Hall–Kier alpha value is -0.990. The van der Waals surface area contributed by atoms with Gasteiger partial charge in [0.1, 0.15) is 0 Å². The maximum absolute atomic E-state index is 10.3. The van der Waals surface area contributed by atoms with Crippen molar-refractivity contribution in [2.75, 3.05) is 0 Å². The third-order valence-corrected chi connectivity index (χ3v) is 3.03. The summed E-state index contributed by atoms with van der Waals surface area (Å²) in [6.45, 7) is 4.47. The molecule has 1 fully saturated rings. The standard InChI is InChI=1S/C11H19NO2/c1-11(2)7-4-3-5-9(11)12-8-6-10(13)14/h6,8-9,12H,3-5,7H2,1-2H3,(H,13,14)/b8-6+. The van der Waals surface area contributed by atoms with Gasteiger partial charge in [-0.1, -0.05) is 26.7 Å². The Morgan fingerprint density at radius 3 is 2.79 bits per heavy atom. The Morgan fingerprint density at radius 1 is 1.50 bits per heavy atom. The highest BCUT2D eigenvalue weighted by atomic mass is 16.4. The van der Waals surface area contributed by atoms with Crippen LogP contribution >= 0.6 is 0 Å². The number of hydrogen-bond acceptors (Lipinski definition) is 2. The zero-order valence-electron chi connectivity index (χ0n) is 8.92. The number of carbonyl (C=O) groups is 1. The van der Waals surface area contributed by atoms with Gasteiger partial charge in [-0.05, 0) is 18.3 Å². The summed E-state index contributed by atoms with van der Waals surface area (Å²) in [6.07, 6.45) is 7.59. The van der Waals surface area contributed by atoms with Crippen LogP contribution in [0.15, 0.2) is 12.3 Å². The molecular weight excluding hydrogens is 178 g/mol. The third kappa shape index (κ3) is 3.05. The summed E-state index contributed by atoms with van der Waals surface area (Å²) < 4.78 is 0. The quantitative estimate of drug-likeness (QED) is 0.681. The monoisotopic (exact) mass is 197 g/mol. The smallest absolute Gasteiger partial charge is 0.329 e. The highest BCUT2D eigenvalue weighted by Gasteiger charge is 2.31. The van der Waals surface area contributed by atoms with E-state index in [1.165, 1.54) is 19.3 Å². The molecule has 1 saturated carbocycles. The van der Waals surface area contributed by atoms with Gasteiger partial charge in [-0.15, -0.1) is 0 Å². The number of rotatable bonds is 3. The molecule has 1 aliphatic carbocycles. The third-order valence-electron chi connectivity index (χ3n) is 3.03. The minimum absolute atomic E-state index is 0.279. The molecule has 1 unspecified atom stereocenters. The van der Waals surface area contributed by atoms with E-state index in [4.69, 9.17) is 5.11 Å². The maximum atomic E-state index is 10.3. The Balaban J connectivity index is 2.46. The highest BCUT2D eigenvalue weighted by molar-refractivity contribution is 5.79. The van der Waals surface area contributed by atoms with Crippen molar-refractivity contribution >= 4 is 5.97 Å². The van der Waals surface area contributed by atoms with Crippen LogP contribution in [0.25, 0.3) is 0 Å². The number of carboxylic acid groups (broad SMARTS) is 1. The van der Waals surface area contributed by atoms with E-state index >= 15 is 0 Å². The molecular formula is C11H19NO2. The van der Waals surface area contributed by atoms with E-state index in [1.54, 1.807) is 6.20 Å². The molecule has 1 rings (SSSR count). The molecule has 1 atom stereocenters. The van der Waals surface area contributed by atoms with E-state index in [-0.39, 0.29) is 5.41 Å². The summed E-state index contributed by atoms with van der Waals surface area (Å²) >= 11 is 0. The number of aliphatic carboxylic acids is 1. The van der Waals surface area contributed by atoms with Gasteiger partial charge >= 0.3 is 5.97 Å². The highest BCUT2D eigenvalue weighted by Crippen LogP contribution is 2.35. The summed E-state index contributed by atoms with van der Waals surface area (Å²) in [7, 11) is 0. The lowest BCUT2D eigenvalue weighted by molar-refractivity contribution is -0.131. The Labute approximate surface area is 85.2 Å². The second-order valence-corrected chi connectivity index (χ2v) is 4.63. The van der Waals surface area contributed by atoms with E-state index in [1.807, 2.05) is 0 Å². The van der Waals surface area contributed by atoms with Gasteiger partial charge in [0, 0.05) is 18.3 Å². The van der Waals surface area contributed by atoms with Gasteiger partial charge in [0.15, 0.2) is 0 Å². The van der Waals surface area contributed by atoms with Gasteiger partial charge in [0.2, 0.25) is 0 Å². The van der Waals surface area contributed by atoms with Crippen molar-refractivity contribution in [3.63, 3.8) is 0 Å². The molecule has 0 aromatic rings. The summed E-state index contributed by atoms with van der Waals surface area (Å²) in [5.74, 6) is -0.897. The molecule has 0 bridgehead atoms. The Morgan fingerprint density at radius 2 is 2.21 bits per heavy atom. The molecule has 0 saturated heterocycles. The lowest BCUT2D eigenvalue weighted by Gasteiger charge is -2.38. The molecule has 1 aliphatic rings. The minimum atomic E-state index is -0.897. The number of nitrogens with one attached hydrogen (secondary N) is 1. The number of hydrogen-bond donors (Lipinski definition) is 2. The second-order valence-electron chi connectivity index (χ2n) is 4.63. The summed E-state index contributed by atoms with van der Waals surface area (Å²) in [5.41, 5.74) is 0.279. The van der Waals surface area contributed by atoms with E-state index in [0.717, 1.165) is 12.5 Å². The Kier molecular flexibility index (Phi) is 3.55. The first kappa shape index (κ1) is 11.1. The molecule has 0 radical (unpaired) electrons. The van der Waals surface area contributed by atoms with Gasteiger partial charge in [-0.2, -0.15) is 0 Å². The van der Waals surface area contributed by atoms with Crippen molar-refractivity contribution in [2.45, 2.75) is 45.6 Å². The average molecular weight is 197 g/mol. The van der Waals surface area contributed by atoms with Crippen molar-refractivity contribution in [1.82, 2.24) is 5.32 Å². The van der Waals surface area contributed by atoms with Crippen LogP contribution in [-0.4, -0.2) is 17.1 Å². The van der Waals surface area contributed by atoms with Crippen molar-refractivity contribution in [3.05, 3.63) is 12.3 Å². The molecule has 3 nitrogen and oxygen atoms in total. The molecule has 3 heteroatoms. The SMILES string of the molecule is CC1(C)CCCCC1N/C=C/C(=O)O. The average Bonchev–Trinajstić information content (AvgIpc) is 2.07. The van der Waals surface area contributed by atoms with E-state index in [2.05, 4.69) is 19.2 Å². The molecule has 0 spiro atoms. The number of carboxylic acids is 1. The van der Waals surface area contributed by atoms with Crippen LogP contribution in [-0.2, 0) is 4.79 Å². The first-order valence-corrected chi connectivity index (χ1v) is 5.18. The first-order valence-electron chi connectivity index (χ1n) is 5.18. The van der Waals surface area contributed by atoms with Crippen LogP contribution in [0, 0.1) is 5.41 Å². The zero-order valence-corrected chi connectivity index (χ0v) is 8.92. The maximum Gasteiger partial charge on any atom is 0.329 e. The summed E-state index contributed by atoms with van der Waals surface area (Å²) in [4.78, 5) is 10.3. The zero-order chi connectivity index (χ0) is 10.6. The molecule has 14 heavy (non-hydrogen) atoms. The van der Waals surface area contributed by atoms with Crippen LogP contribution in [0.5, 0.6) is 0 Å². The van der Waals surface area contributed by atoms with Crippen molar-refractivity contribution in [1.29, 1.82) is 0 Å². The fourth-order valence-corrected chi connectivity index (χ4v) is 2.04. The first-order chi connectivity index (χ1) is 6.52. The molecule has 0 aromatic heterocycles. The molecule has 0 amide bonds. The van der Waals surface area contributed by atoms with Crippen LogP contribution in [0.2, 0.25) is 0 Å². The molecule has 0 aromatic carbocycles. The lowest BCUT2D eigenvalue weighted by Crippen LogP contribution is -2.41. The molecule has 80 valence electrons. The minimum Gasteiger partial charge on any atom is -0.478 e. The van der Waals surface area contributed by atoms with Crippen LogP contribution in [0.3, 0.4) is 0 Å². The van der Waals surface area contributed by atoms with Gasteiger partial charge in [-0.3, -0.25) is 0 Å². The predicted molar refractivity (Wildman–Crippen MR) is 55.9 cm³/mol.